The van der Waals surface area contributed by atoms with E-state index in [1.165, 1.54) is 18.4 Å². The van der Waals surface area contributed by atoms with Gasteiger partial charge in [0.2, 0.25) is 5.91 Å². The van der Waals surface area contributed by atoms with E-state index in [-0.39, 0.29) is 12.5 Å². The molecule has 2 aliphatic heterocycles. The van der Waals surface area contributed by atoms with E-state index in [9.17, 15) is 4.79 Å². The van der Waals surface area contributed by atoms with Crippen molar-refractivity contribution >= 4 is 5.91 Å². The number of amides is 1. The molecule has 2 fully saturated rings. The molecule has 1 amide bonds. The summed E-state index contributed by atoms with van der Waals surface area (Å²) in [6.45, 7) is 4.70. The maximum absolute atomic E-state index is 12.2. The molecule has 0 spiro atoms. The number of aromatic amines is 1. The number of rotatable bonds is 5. The highest BCUT2D eigenvalue weighted by Gasteiger charge is 2.24. The number of carbonyl (C=O) groups is 1. The zero-order valence-electron chi connectivity index (χ0n) is 13.1. The molecule has 1 atom stereocenters. The number of ether oxygens (including phenoxy) is 1. The lowest BCUT2D eigenvalue weighted by Gasteiger charge is -2.31. The van der Waals surface area contributed by atoms with Gasteiger partial charge in [-0.1, -0.05) is 0 Å². The highest BCUT2D eigenvalue weighted by Crippen LogP contribution is 2.27. The third-order valence-corrected chi connectivity index (χ3v) is 4.82. The highest BCUT2D eigenvalue weighted by atomic mass is 16.5. The molecule has 6 nitrogen and oxygen atoms in total. The SMILES string of the molecule is O=C(COCC1CCCNC1)N1CCC(c2cn[nH]c2)CC1. The summed E-state index contributed by atoms with van der Waals surface area (Å²) in [6.07, 6.45) is 8.29. The van der Waals surface area contributed by atoms with Gasteiger partial charge in [0.15, 0.2) is 0 Å². The van der Waals surface area contributed by atoms with Gasteiger partial charge < -0.3 is 15.0 Å². The molecular formula is C16H26N4O2. The second-order valence-corrected chi connectivity index (χ2v) is 6.41. The largest absolute Gasteiger partial charge is 0.371 e. The molecule has 122 valence electrons. The minimum Gasteiger partial charge on any atom is -0.371 e. The first-order chi connectivity index (χ1) is 10.8. The van der Waals surface area contributed by atoms with E-state index in [1.54, 1.807) is 0 Å². The third kappa shape index (κ3) is 4.08. The van der Waals surface area contributed by atoms with Gasteiger partial charge in [0.05, 0.1) is 12.8 Å². The van der Waals surface area contributed by atoms with Gasteiger partial charge in [-0.2, -0.15) is 5.10 Å². The molecule has 1 unspecified atom stereocenters. The molecule has 1 aromatic rings. The Morgan fingerprint density at radius 3 is 2.91 bits per heavy atom. The molecule has 2 N–H and O–H groups in total. The Hall–Kier alpha value is -1.40. The van der Waals surface area contributed by atoms with Gasteiger partial charge in [-0.05, 0) is 49.6 Å². The van der Waals surface area contributed by atoms with Crippen LogP contribution in [0.3, 0.4) is 0 Å². The molecule has 2 aliphatic rings. The summed E-state index contributed by atoms with van der Waals surface area (Å²) in [5.41, 5.74) is 1.26. The number of hydrogen-bond donors (Lipinski definition) is 2. The molecule has 1 aromatic heterocycles. The van der Waals surface area contributed by atoms with E-state index >= 15 is 0 Å². The van der Waals surface area contributed by atoms with Gasteiger partial charge in [-0.25, -0.2) is 0 Å². The molecule has 0 aliphatic carbocycles. The zero-order chi connectivity index (χ0) is 15.2. The van der Waals surface area contributed by atoms with Crippen molar-refractivity contribution in [2.75, 3.05) is 39.4 Å². The Bertz CT molecular complexity index is 449. The maximum atomic E-state index is 12.2. The number of carbonyl (C=O) groups excluding carboxylic acids is 1. The van der Waals surface area contributed by atoms with Crippen LogP contribution in [0.25, 0.3) is 0 Å². The molecule has 0 radical (unpaired) electrons. The minimum atomic E-state index is 0.134. The fourth-order valence-corrected chi connectivity index (χ4v) is 3.42. The van der Waals surface area contributed by atoms with Crippen LogP contribution in [0.15, 0.2) is 12.4 Å². The Morgan fingerprint density at radius 2 is 2.23 bits per heavy atom. The predicted molar refractivity (Wildman–Crippen MR) is 83.6 cm³/mol. The van der Waals surface area contributed by atoms with Crippen molar-refractivity contribution in [2.45, 2.75) is 31.6 Å². The first kappa shape index (κ1) is 15.5. The lowest BCUT2D eigenvalue weighted by molar-refractivity contribution is -0.137. The summed E-state index contributed by atoms with van der Waals surface area (Å²) in [6, 6.07) is 0. The van der Waals surface area contributed by atoms with Crippen molar-refractivity contribution in [2.24, 2.45) is 5.92 Å². The molecule has 3 rings (SSSR count). The van der Waals surface area contributed by atoms with Crippen molar-refractivity contribution < 1.29 is 9.53 Å². The molecule has 2 saturated heterocycles. The third-order valence-electron chi connectivity index (χ3n) is 4.82. The number of piperidine rings is 2. The van der Waals surface area contributed by atoms with Crippen molar-refractivity contribution in [3.63, 3.8) is 0 Å². The van der Waals surface area contributed by atoms with E-state index in [2.05, 4.69) is 15.5 Å². The van der Waals surface area contributed by atoms with E-state index in [4.69, 9.17) is 4.74 Å². The maximum Gasteiger partial charge on any atom is 0.248 e. The van der Waals surface area contributed by atoms with Crippen LogP contribution in [-0.4, -0.2) is 60.4 Å². The first-order valence-electron chi connectivity index (χ1n) is 8.38. The van der Waals surface area contributed by atoms with E-state index in [0.29, 0.717) is 18.4 Å². The summed E-state index contributed by atoms with van der Waals surface area (Å²) >= 11 is 0. The quantitative estimate of drug-likeness (QED) is 0.855. The number of hydrogen-bond acceptors (Lipinski definition) is 4. The van der Waals surface area contributed by atoms with Crippen LogP contribution in [0, 0.1) is 5.92 Å². The summed E-state index contributed by atoms with van der Waals surface area (Å²) in [4.78, 5) is 14.1. The lowest BCUT2D eigenvalue weighted by atomic mass is 9.91. The van der Waals surface area contributed by atoms with Crippen molar-refractivity contribution in [3.8, 4) is 0 Å². The van der Waals surface area contributed by atoms with Crippen LogP contribution in [-0.2, 0) is 9.53 Å². The summed E-state index contributed by atoms with van der Waals surface area (Å²) in [7, 11) is 0. The van der Waals surface area contributed by atoms with Gasteiger partial charge in [0.25, 0.3) is 0 Å². The Kier molecular flexibility index (Phi) is 5.45. The van der Waals surface area contributed by atoms with Gasteiger partial charge >= 0.3 is 0 Å². The van der Waals surface area contributed by atoms with Gasteiger partial charge in [-0.15, -0.1) is 0 Å². The molecule has 0 aromatic carbocycles. The molecule has 22 heavy (non-hydrogen) atoms. The highest BCUT2D eigenvalue weighted by molar-refractivity contribution is 5.77. The van der Waals surface area contributed by atoms with Gasteiger partial charge in [0.1, 0.15) is 6.61 Å². The number of likely N-dealkylation sites (tertiary alicyclic amines) is 1. The zero-order valence-corrected chi connectivity index (χ0v) is 13.1. The van der Waals surface area contributed by atoms with Crippen LogP contribution in [0.5, 0.6) is 0 Å². The first-order valence-corrected chi connectivity index (χ1v) is 8.38. The molecule has 0 saturated carbocycles. The van der Waals surface area contributed by atoms with Gasteiger partial charge in [-0.3, -0.25) is 9.89 Å². The standard InChI is InChI=1S/C16H26N4O2/c21-16(12-22-11-13-2-1-5-17-8-13)20-6-3-14(4-7-20)15-9-18-19-10-15/h9-10,13-14,17H,1-8,11-12H2,(H,18,19). The van der Waals surface area contributed by atoms with Gasteiger partial charge in [0, 0.05) is 25.8 Å². The Morgan fingerprint density at radius 1 is 1.36 bits per heavy atom. The Balaban J connectivity index is 1.35. The molecular weight excluding hydrogens is 280 g/mol. The number of H-pyrrole nitrogens is 1. The van der Waals surface area contributed by atoms with Crippen LogP contribution in [0.4, 0.5) is 0 Å². The normalized spacial score (nSPS) is 23.6. The second kappa shape index (κ2) is 7.74. The summed E-state index contributed by atoms with van der Waals surface area (Å²) in [5, 5.41) is 10.2. The van der Waals surface area contributed by atoms with Crippen LogP contribution < -0.4 is 5.32 Å². The van der Waals surface area contributed by atoms with Crippen molar-refractivity contribution in [3.05, 3.63) is 18.0 Å². The number of nitrogens with zero attached hydrogens (tertiary/aromatic N) is 2. The average molecular weight is 306 g/mol. The monoisotopic (exact) mass is 306 g/mol. The molecule has 6 heteroatoms. The van der Waals surface area contributed by atoms with Crippen molar-refractivity contribution in [1.29, 1.82) is 0 Å². The number of nitrogens with one attached hydrogen (secondary N) is 2. The fraction of sp³-hybridized carbons (Fsp3) is 0.750. The van der Waals surface area contributed by atoms with Crippen LogP contribution >= 0.6 is 0 Å². The lowest BCUT2D eigenvalue weighted by Crippen LogP contribution is -2.40. The second-order valence-electron chi connectivity index (χ2n) is 6.41. The number of aromatic nitrogens is 2. The van der Waals surface area contributed by atoms with E-state index in [1.807, 2.05) is 17.3 Å². The van der Waals surface area contributed by atoms with E-state index < -0.39 is 0 Å². The predicted octanol–water partition coefficient (Wildman–Crippen LogP) is 1.13. The summed E-state index contributed by atoms with van der Waals surface area (Å²) in [5.74, 6) is 1.22. The smallest absolute Gasteiger partial charge is 0.248 e. The molecule has 0 bridgehead atoms. The van der Waals surface area contributed by atoms with Crippen molar-refractivity contribution in [1.82, 2.24) is 20.4 Å². The topological polar surface area (TPSA) is 70.2 Å². The molecule has 3 heterocycles. The van der Waals surface area contributed by atoms with Crippen LogP contribution in [0.2, 0.25) is 0 Å². The van der Waals surface area contributed by atoms with E-state index in [0.717, 1.165) is 39.0 Å². The average Bonchev–Trinajstić information content (AvgIpc) is 3.10. The van der Waals surface area contributed by atoms with Crippen LogP contribution in [0.1, 0.15) is 37.2 Å². The minimum absolute atomic E-state index is 0.134. The fourth-order valence-electron chi connectivity index (χ4n) is 3.42. The Labute approximate surface area is 131 Å². The summed E-state index contributed by atoms with van der Waals surface area (Å²) < 4.78 is 5.64.